The average molecular weight is 289 g/mol. The second-order valence-corrected chi connectivity index (χ2v) is 5.80. The lowest BCUT2D eigenvalue weighted by atomic mass is 10.1. The van der Waals surface area contributed by atoms with E-state index in [0.717, 1.165) is 50.5 Å². The number of amides is 1. The molecule has 2 aliphatic rings. The predicted molar refractivity (Wildman–Crippen MR) is 82.7 cm³/mol. The first kappa shape index (κ1) is 14.2. The van der Waals surface area contributed by atoms with Crippen LogP contribution in [0.3, 0.4) is 0 Å². The smallest absolute Gasteiger partial charge is 0.224 e. The summed E-state index contributed by atoms with van der Waals surface area (Å²) in [6.45, 7) is 3.57. The lowest BCUT2D eigenvalue weighted by Crippen LogP contribution is -2.41. The Labute approximate surface area is 125 Å². The van der Waals surface area contributed by atoms with Crippen LogP contribution in [0.1, 0.15) is 12.8 Å². The Bertz CT molecular complexity index is 500. The third kappa shape index (κ3) is 3.13. The zero-order valence-corrected chi connectivity index (χ0v) is 12.5. The first-order valence-corrected chi connectivity index (χ1v) is 7.67. The number of hydrogen-bond acceptors (Lipinski definition) is 4. The van der Waals surface area contributed by atoms with Gasteiger partial charge in [-0.3, -0.25) is 4.79 Å². The maximum atomic E-state index is 12.2. The van der Waals surface area contributed by atoms with Gasteiger partial charge >= 0.3 is 0 Å². The number of carbonyl (C=O) groups is 1. The van der Waals surface area contributed by atoms with Crippen LogP contribution in [0, 0.1) is 5.92 Å². The molecule has 0 radical (unpaired) electrons. The monoisotopic (exact) mass is 289 g/mol. The molecular formula is C16H23N3O2. The van der Waals surface area contributed by atoms with Crippen molar-refractivity contribution in [2.75, 3.05) is 38.2 Å². The molecule has 1 amide bonds. The molecule has 0 saturated carbocycles. The zero-order chi connectivity index (χ0) is 14.7. The molecule has 0 aromatic heterocycles. The number of hydrogen-bond donors (Lipinski definition) is 2. The van der Waals surface area contributed by atoms with Gasteiger partial charge in [0.15, 0.2) is 0 Å². The summed E-state index contributed by atoms with van der Waals surface area (Å²) < 4.78 is 5.42. The number of ether oxygens (including phenoxy) is 1. The van der Waals surface area contributed by atoms with Gasteiger partial charge in [0.2, 0.25) is 5.91 Å². The van der Waals surface area contributed by atoms with Crippen molar-refractivity contribution >= 4 is 11.6 Å². The highest BCUT2D eigenvalue weighted by Gasteiger charge is 2.29. The highest BCUT2D eigenvalue weighted by Crippen LogP contribution is 2.30. The molecule has 5 heteroatoms. The minimum Gasteiger partial charge on any atom is -0.495 e. The molecule has 3 rings (SSSR count). The van der Waals surface area contributed by atoms with Crippen LogP contribution in [0.15, 0.2) is 24.3 Å². The Kier molecular flexibility index (Phi) is 4.29. The molecule has 5 nitrogen and oxygen atoms in total. The van der Waals surface area contributed by atoms with Crippen molar-refractivity contribution in [1.29, 1.82) is 0 Å². The van der Waals surface area contributed by atoms with Crippen LogP contribution in [0.2, 0.25) is 0 Å². The summed E-state index contributed by atoms with van der Waals surface area (Å²) in [5.74, 6) is 1.24. The number of carbonyl (C=O) groups excluding carboxylic acids is 1. The molecule has 1 aromatic rings. The van der Waals surface area contributed by atoms with Crippen molar-refractivity contribution in [2.45, 2.75) is 18.9 Å². The standard InChI is InChI=1S/C16H23N3O2/c1-21-15-5-3-2-4-14(15)19-9-7-13(11-19)18-16(20)12-6-8-17-10-12/h2-5,12-13,17H,6-11H2,1H3,(H,18,20). The third-order valence-corrected chi connectivity index (χ3v) is 4.39. The van der Waals surface area contributed by atoms with Gasteiger partial charge in [-0.2, -0.15) is 0 Å². The average Bonchev–Trinajstić information content (AvgIpc) is 3.18. The number of nitrogens with one attached hydrogen (secondary N) is 2. The van der Waals surface area contributed by atoms with Gasteiger partial charge < -0.3 is 20.3 Å². The Hall–Kier alpha value is -1.75. The SMILES string of the molecule is COc1ccccc1N1CCC(NC(=O)C2CCNC2)C1. The summed E-state index contributed by atoms with van der Waals surface area (Å²) in [6.07, 6.45) is 1.94. The topological polar surface area (TPSA) is 53.6 Å². The first-order chi connectivity index (χ1) is 10.3. The normalized spacial score (nSPS) is 25.1. The summed E-state index contributed by atoms with van der Waals surface area (Å²) in [4.78, 5) is 14.5. The van der Waals surface area contributed by atoms with E-state index < -0.39 is 0 Å². The largest absolute Gasteiger partial charge is 0.495 e. The molecule has 0 bridgehead atoms. The van der Waals surface area contributed by atoms with Crippen molar-refractivity contribution in [3.8, 4) is 5.75 Å². The van der Waals surface area contributed by atoms with E-state index in [1.165, 1.54) is 0 Å². The van der Waals surface area contributed by atoms with Gasteiger partial charge in [-0.15, -0.1) is 0 Å². The second kappa shape index (κ2) is 6.35. The van der Waals surface area contributed by atoms with Gasteiger partial charge in [-0.1, -0.05) is 12.1 Å². The van der Waals surface area contributed by atoms with Crippen molar-refractivity contribution in [2.24, 2.45) is 5.92 Å². The molecule has 2 fully saturated rings. The van der Waals surface area contributed by atoms with Gasteiger partial charge in [0.1, 0.15) is 5.75 Å². The molecule has 2 atom stereocenters. The summed E-state index contributed by atoms with van der Waals surface area (Å²) in [5.41, 5.74) is 1.11. The highest BCUT2D eigenvalue weighted by molar-refractivity contribution is 5.79. The molecule has 2 saturated heterocycles. The van der Waals surface area contributed by atoms with Crippen LogP contribution in [-0.2, 0) is 4.79 Å². The van der Waals surface area contributed by atoms with Gasteiger partial charge in [0.25, 0.3) is 0 Å². The van der Waals surface area contributed by atoms with E-state index in [0.29, 0.717) is 0 Å². The van der Waals surface area contributed by atoms with Crippen LogP contribution in [0.25, 0.3) is 0 Å². The van der Waals surface area contributed by atoms with Crippen molar-refractivity contribution < 1.29 is 9.53 Å². The van der Waals surface area contributed by atoms with E-state index in [1.807, 2.05) is 18.2 Å². The van der Waals surface area contributed by atoms with Gasteiger partial charge in [-0.25, -0.2) is 0 Å². The number of methoxy groups -OCH3 is 1. The maximum absolute atomic E-state index is 12.2. The van der Waals surface area contributed by atoms with E-state index in [2.05, 4.69) is 21.6 Å². The van der Waals surface area contributed by atoms with E-state index >= 15 is 0 Å². The third-order valence-electron chi connectivity index (χ3n) is 4.39. The number of anilines is 1. The van der Waals surface area contributed by atoms with Gasteiger partial charge in [0.05, 0.1) is 18.7 Å². The fraction of sp³-hybridized carbons (Fsp3) is 0.562. The number of para-hydroxylation sites is 2. The lowest BCUT2D eigenvalue weighted by Gasteiger charge is -2.21. The molecule has 2 N–H and O–H groups in total. The minimum atomic E-state index is 0.144. The summed E-state index contributed by atoms with van der Waals surface area (Å²) >= 11 is 0. The molecular weight excluding hydrogens is 266 g/mol. The van der Waals surface area contributed by atoms with Crippen LogP contribution in [0.5, 0.6) is 5.75 Å². The van der Waals surface area contributed by atoms with Crippen LogP contribution in [0.4, 0.5) is 5.69 Å². The van der Waals surface area contributed by atoms with Crippen molar-refractivity contribution in [3.05, 3.63) is 24.3 Å². The fourth-order valence-electron chi connectivity index (χ4n) is 3.19. The Morgan fingerprint density at radius 1 is 1.38 bits per heavy atom. The molecule has 21 heavy (non-hydrogen) atoms. The van der Waals surface area contributed by atoms with E-state index in [9.17, 15) is 4.79 Å². The summed E-state index contributed by atoms with van der Waals surface area (Å²) in [6, 6.07) is 8.29. The molecule has 2 aliphatic heterocycles. The molecule has 2 unspecified atom stereocenters. The Morgan fingerprint density at radius 3 is 3.00 bits per heavy atom. The molecule has 1 aromatic carbocycles. The van der Waals surface area contributed by atoms with E-state index in [-0.39, 0.29) is 17.9 Å². The highest BCUT2D eigenvalue weighted by atomic mass is 16.5. The molecule has 114 valence electrons. The predicted octanol–water partition coefficient (Wildman–Crippen LogP) is 1.000. The Balaban J connectivity index is 1.59. The number of nitrogens with zero attached hydrogens (tertiary/aromatic N) is 1. The van der Waals surface area contributed by atoms with E-state index in [1.54, 1.807) is 7.11 Å². The number of benzene rings is 1. The molecule has 0 spiro atoms. The Morgan fingerprint density at radius 2 is 2.24 bits per heavy atom. The van der Waals surface area contributed by atoms with Crippen molar-refractivity contribution in [1.82, 2.24) is 10.6 Å². The lowest BCUT2D eigenvalue weighted by molar-refractivity contribution is -0.125. The molecule has 0 aliphatic carbocycles. The van der Waals surface area contributed by atoms with E-state index in [4.69, 9.17) is 4.74 Å². The zero-order valence-electron chi connectivity index (χ0n) is 12.5. The fourth-order valence-corrected chi connectivity index (χ4v) is 3.19. The van der Waals surface area contributed by atoms with Crippen LogP contribution < -0.4 is 20.3 Å². The minimum absolute atomic E-state index is 0.144. The maximum Gasteiger partial charge on any atom is 0.224 e. The second-order valence-electron chi connectivity index (χ2n) is 5.80. The van der Waals surface area contributed by atoms with Crippen molar-refractivity contribution in [3.63, 3.8) is 0 Å². The summed E-state index contributed by atoms with van der Waals surface area (Å²) in [7, 11) is 1.70. The first-order valence-electron chi connectivity index (χ1n) is 7.67. The number of rotatable bonds is 4. The van der Waals surface area contributed by atoms with Gasteiger partial charge in [0, 0.05) is 25.7 Å². The molecule has 2 heterocycles. The van der Waals surface area contributed by atoms with Gasteiger partial charge in [-0.05, 0) is 31.5 Å². The van der Waals surface area contributed by atoms with Crippen LogP contribution in [-0.4, -0.2) is 45.2 Å². The summed E-state index contributed by atoms with van der Waals surface area (Å²) in [5, 5.41) is 6.44. The quantitative estimate of drug-likeness (QED) is 0.868. The van der Waals surface area contributed by atoms with Crippen LogP contribution >= 0.6 is 0 Å².